The number of methoxy groups -OCH3 is 1. The van der Waals surface area contributed by atoms with E-state index in [0.29, 0.717) is 35.6 Å². The number of para-hydroxylation sites is 1. The Hall–Kier alpha value is -3.52. The Morgan fingerprint density at radius 2 is 1.89 bits per heavy atom. The van der Waals surface area contributed by atoms with Gasteiger partial charge in [0.1, 0.15) is 11.6 Å². The van der Waals surface area contributed by atoms with E-state index < -0.39 is 22.3 Å². The Bertz CT molecular complexity index is 1510. The third-order valence-electron chi connectivity index (χ3n) is 7.08. The minimum absolute atomic E-state index is 0.181. The van der Waals surface area contributed by atoms with E-state index in [2.05, 4.69) is 9.97 Å². The summed E-state index contributed by atoms with van der Waals surface area (Å²) in [5, 5.41) is -0.413. The quantitative estimate of drug-likeness (QED) is 0.301. The van der Waals surface area contributed by atoms with Crippen molar-refractivity contribution in [1.29, 1.82) is 0 Å². The van der Waals surface area contributed by atoms with Crippen molar-refractivity contribution in [1.82, 2.24) is 14.9 Å². The predicted molar refractivity (Wildman–Crippen MR) is 137 cm³/mol. The Morgan fingerprint density at radius 3 is 2.62 bits per heavy atom. The molecule has 0 saturated carbocycles. The Balaban J connectivity index is 1.59. The number of hydrogen-bond acceptors (Lipinski definition) is 3. The number of amides is 1. The van der Waals surface area contributed by atoms with Gasteiger partial charge in [0.05, 0.1) is 34.3 Å². The number of aromatic nitrogens is 2. The van der Waals surface area contributed by atoms with Gasteiger partial charge >= 0.3 is 6.18 Å². The number of nitrogens with one attached hydrogen (secondary N) is 1. The summed E-state index contributed by atoms with van der Waals surface area (Å²) in [6.07, 6.45) is -3.26. The fourth-order valence-corrected chi connectivity index (χ4v) is 5.39. The Kier molecular flexibility index (Phi) is 6.18. The van der Waals surface area contributed by atoms with Crippen molar-refractivity contribution in [2.45, 2.75) is 38.4 Å². The number of hydrogen-bond donors (Lipinski definition) is 1. The normalized spacial score (nSPS) is 18.0. The van der Waals surface area contributed by atoms with E-state index in [1.807, 2.05) is 56.3 Å². The second-order valence-corrected chi connectivity index (χ2v) is 9.92. The Labute approximate surface area is 217 Å². The van der Waals surface area contributed by atoms with Crippen LogP contribution in [0.25, 0.3) is 22.2 Å². The topological polar surface area (TPSA) is 58.2 Å². The molecular formula is C28H25ClF3N3O2. The lowest BCUT2D eigenvalue weighted by molar-refractivity contribution is -0.137. The number of rotatable bonds is 4. The average Bonchev–Trinajstić information content (AvgIpc) is 3.46. The number of aryl methyl sites for hydroxylation is 1. The van der Waals surface area contributed by atoms with Crippen molar-refractivity contribution in [3.05, 3.63) is 82.1 Å². The van der Waals surface area contributed by atoms with Crippen molar-refractivity contribution in [2.24, 2.45) is 0 Å². The summed E-state index contributed by atoms with van der Waals surface area (Å²) in [6, 6.07) is 15.4. The van der Waals surface area contributed by atoms with Crippen LogP contribution in [0.4, 0.5) is 13.2 Å². The number of alkyl halides is 3. The summed E-state index contributed by atoms with van der Waals surface area (Å²) in [4.78, 5) is 23.5. The maximum Gasteiger partial charge on any atom is 0.417 e. The van der Waals surface area contributed by atoms with Gasteiger partial charge in [0, 0.05) is 17.7 Å². The van der Waals surface area contributed by atoms with E-state index in [9.17, 15) is 18.0 Å². The van der Waals surface area contributed by atoms with Gasteiger partial charge in [-0.3, -0.25) is 4.79 Å². The maximum absolute atomic E-state index is 14.1. The minimum atomic E-state index is -4.59. The van der Waals surface area contributed by atoms with Crippen molar-refractivity contribution >= 4 is 28.5 Å². The van der Waals surface area contributed by atoms with Gasteiger partial charge < -0.3 is 14.6 Å². The molecule has 0 bridgehead atoms. The number of ether oxygens (including phenoxy) is 1. The average molecular weight is 528 g/mol. The van der Waals surface area contributed by atoms with Crippen LogP contribution in [0.5, 0.6) is 5.75 Å². The minimum Gasteiger partial charge on any atom is -0.496 e. The third kappa shape index (κ3) is 4.33. The maximum atomic E-state index is 14.1. The van der Waals surface area contributed by atoms with Crippen LogP contribution in [0, 0.1) is 6.92 Å². The van der Waals surface area contributed by atoms with Gasteiger partial charge in [0.25, 0.3) is 5.91 Å². The number of likely N-dealkylation sites (tertiary alicyclic amines) is 1. The van der Waals surface area contributed by atoms with Crippen LogP contribution in [0.3, 0.4) is 0 Å². The molecule has 37 heavy (non-hydrogen) atoms. The summed E-state index contributed by atoms with van der Waals surface area (Å²) in [5.41, 5.74) is 1.76. The van der Waals surface area contributed by atoms with Crippen LogP contribution in [-0.2, 0) is 11.7 Å². The highest BCUT2D eigenvalue weighted by Crippen LogP contribution is 2.42. The summed E-state index contributed by atoms with van der Waals surface area (Å²) >= 11 is 5.92. The van der Waals surface area contributed by atoms with Gasteiger partial charge in [-0.15, -0.1) is 0 Å². The molecule has 5 nitrogen and oxygen atoms in total. The molecular weight excluding hydrogens is 503 g/mol. The molecule has 2 heterocycles. The number of carbonyl (C=O) groups is 1. The fourth-order valence-electron chi connectivity index (χ4n) is 5.12. The van der Waals surface area contributed by atoms with E-state index in [1.165, 1.54) is 6.07 Å². The van der Waals surface area contributed by atoms with Gasteiger partial charge in [-0.05, 0) is 56.5 Å². The lowest BCUT2D eigenvalue weighted by atomic mass is 9.93. The SMILES string of the molecule is COc1ccccc1-c1ccc(C)cc1C(=O)N1CCCC1(C)c1nc2cc(Cl)c(C(F)(F)F)cc2[nH]1. The first kappa shape index (κ1) is 25.1. The zero-order valence-corrected chi connectivity index (χ0v) is 21.3. The smallest absolute Gasteiger partial charge is 0.417 e. The first-order valence-electron chi connectivity index (χ1n) is 11.9. The molecule has 1 fully saturated rings. The molecule has 1 aromatic heterocycles. The van der Waals surface area contributed by atoms with Crippen LogP contribution in [0.1, 0.15) is 47.1 Å². The molecule has 1 aliphatic rings. The van der Waals surface area contributed by atoms with E-state index in [4.69, 9.17) is 16.3 Å². The van der Waals surface area contributed by atoms with Gasteiger partial charge in [-0.1, -0.05) is 47.5 Å². The number of carbonyl (C=O) groups excluding carboxylic acids is 1. The highest BCUT2D eigenvalue weighted by Gasteiger charge is 2.44. The molecule has 9 heteroatoms. The number of halogens is 4. The highest BCUT2D eigenvalue weighted by atomic mass is 35.5. The summed E-state index contributed by atoms with van der Waals surface area (Å²) in [7, 11) is 1.59. The number of fused-ring (bicyclic) bond motifs is 1. The number of benzene rings is 3. The lowest BCUT2D eigenvalue weighted by Crippen LogP contribution is -2.43. The zero-order valence-electron chi connectivity index (χ0n) is 20.5. The van der Waals surface area contributed by atoms with Crippen LogP contribution >= 0.6 is 11.6 Å². The highest BCUT2D eigenvalue weighted by molar-refractivity contribution is 6.32. The molecule has 192 valence electrons. The summed E-state index contributed by atoms with van der Waals surface area (Å²) in [6.45, 7) is 4.30. The van der Waals surface area contributed by atoms with Crippen molar-refractivity contribution < 1.29 is 22.7 Å². The molecule has 1 atom stereocenters. The van der Waals surface area contributed by atoms with Gasteiger partial charge in [-0.25, -0.2) is 4.98 Å². The third-order valence-corrected chi connectivity index (χ3v) is 7.39. The largest absolute Gasteiger partial charge is 0.496 e. The molecule has 1 amide bonds. The molecule has 1 N–H and O–H groups in total. The number of H-pyrrole nitrogens is 1. The molecule has 3 aromatic carbocycles. The summed E-state index contributed by atoms with van der Waals surface area (Å²) < 4.78 is 45.7. The number of aromatic amines is 1. The number of imidazole rings is 1. The fraction of sp³-hybridized carbons (Fsp3) is 0.286. The first-order chi connectivity index (χ1) is 17.5. The van der Waals surface area contributed by atoms with Crippen molar-refractivity contribution in [3.63, 3.8) is 0 Å². The van der Waals surface area contributed by atoms with E-state index >= 15 is 0 Å². The Morgan fingerprint density at radius 1 is 1.14 bits per heavy atom. The molecule has 1 saturated heterocycles. The van der Waals surface area contributed by atoms with Crippen LogP contribution in [0.15, 0.2) is 54.6 Å². The molecule has 1 unspecified atom stereocenters. The van der Waals surface area contributed by atoms with Crippen molar-refractivity contribution in [3.8, 4) is 16.9 Å². The van der Waals surface area contributed by atoms with E-state index in [-0.39, 0.29) is 11.4 Å². The zero-order chi connectivity index (χ0) is 26.5. The van der Waals surface area contributed by atoms with Crippen LogP contribution in [0.2, 0.25) is 5.02 Å². The van der Waals surface area contributed by atoms with Gasteiger partial charge in [-0.2, -0.15) is 13.2 Å². The molecule has 0 aliphatic carbocycles. The molecule has 0 spiro atoms. The second-order valence-electron chi connectivity index (χ2n) is 9.52. The molecule has 0 radical (unpaired) electrons. The lowest BCUT2D eigenvalue weighted by Gasteiger charge is -2.34. The molecule has 1 aliphatic heterocycles. The van der Waals surface area contributed by atoms with E-state index in [1.54, 1.807) is 12.0 Å². The molecule has 5 rings (SSSR count). The standard InChI is InChI=1S/C28H25ClF3N3O2/c1-16-9-10-17(18-7-4-5-8-24(18)37-3)19(13-16)25(36)35-12-6-11-27(35,2)26-33-22-14-20(28(30,31)32)21(29)15-23(22)34-26/h4-5,7-10,13-15H,6,11-12H2,1-3H3,(H,33,34). The van der Waals surface area contributed by atoms with Gasteiger partial charge in [0.2, 0.25) is 0 Å². The van der Waals surface area contributed by atoms with Gasteiger partial charge in [0.15, 0.2) is 0 Å². The summed E-state index contributed by atoms with van der Waals surface area (Å²) in [5.74, 6) is 0.897. The monoisotopic (exact) mass is 527 g/mol. The molecule has 4 aromatic rings. The predicted octanol–water partition coefficient (Wildman–Crippen LogP) is 7.37. The van der Waals surface area contributed by atoms with Crippen LogP contribution in [-0.4, -0.2) is 34.4 Å². The second kappa shape index (κ2) is 9.10. The number of nitrogens with zero attached hydrogens (tertiary/aromatic N) is 2. The van der Waals surface area contributed by atoms with Crippen LogP contribution < -0.4 is 4.74 Å². The van der Waals surface area contributed by atoms with Crippen molar-refractivity contribution in [2.75, 3.05) is 13.7 Å². The first-order valence-corrected chi connectivity index (χ1v) is 12.2. The van der Waals surface area contributed by atoms with E-state index in [0.717, 1.165) is 29.2 Å².